The number of fused-ring (bicyclic) bond motifs is 1. The molecule has 0 unspecified atom stereocenters. The Labute approximate surface area is 103 Å². The van der Waals surface area contributed by atoms with E-state index in [1.54, 1.807) is 6.07 Å². The summed E-state index contributed by atoms with van der Waals surface area (Å²) in [7, 11) is 1.94. The maximum atomic E-state index is 14.0. The molecule has 2 N–H and O–H groups in total. The van der Waals surface area contributed by atoms with Gasteiger partial charge in [0.15, 0.2) is 0 Å². The second-order valence-corrected chi connectivity index (χ2v) is 4.35. The summed E-state index contributed by atoms with van der Waals surface area (Å²) in [5.41, 5.74) is 8.28. The van der Waals surface area contributed by atoms with Crippen LogP contribution in [0.5, 0.6) is 0 Å². The van der Waals surface area contributed by atoms with Crippen molar-refractivity contribution in [1.29, 1.82) is 0 Å². The fourth-order valence-electron chi connectivity index (χ4n) is 2.11. The van der Waals surface area contributed by atoms with E-state index in [1.165, 1.54) is 12.1 Å². The van der Waals surface area contributed by atoms with Gasteiger partial charge < -0.3 is 14.8 Å². The molecule has 3 rings (SSSR count). The molecule has 92 valence electrons. The third-order valence-electron chi connectivity index (χ3n) is 3.18. The Morgan fingerprint density at radius 2 is 2.06 bits per heavy atom. The van der Waals surface area contributed by atoms with Gasteiger partial charge >= 0.3 is 0 Å². The van der Waals surface area contributed by atoms with Crippen molar-refractivity contribution in [2.24, 2.45) is 7.05 Å². The highest BCUT2D eigenvalue weighted by Gasteiger charge is 2.13. The molecular formula is C13H12FN3O. The summed E-state index contributed by atoms with van der Waals surface area (Å²) in [6.07, 6.45) is 0. The van der Waals surface area contributed by atoms with Crippen molar-refractivity contribution >= 4 is 16.8 Å². The van der Waals surface area contributed by atoms with E-state index in [-0.39, 0.29) is 11.7 Å². The maximum absolute atomic E-state index is 14.0. The zero-order valence-electron chi connectivity index (χ0n) is 10.1. The van der Waals surface area contributed by atoms with Gasteiger partial charge in [0, 0.05) is 35.3 Å². The van der Waals surface area contributed by atoms with E-state index in [0.29, 0.717) is 11.3 Å². The van der Waals surface area contributed by atoms with Crippen LogP contribution in [0.15, 0.2) is 28.8 Å². The molecule has 5 heteroatoms. The Kier molecular flexibility index (Phi) is 2.16. The second-order valence-electron chi connectivity index (χ2n) is 4.35. The largest absolute Gasteiger partial charge is 0.368 e. The highest BCUT2D eigenvalue weighted by Crippen LogP contribution is 2.29. The van der Waals surface area contributed by atoms with Gasteiger partial charge in [0.25, 0.3) is 0 Å². The van der Waals surface area contributed by atoms with Gasteiger partial charge in [0.05, 0.1) is 0 Å². The average Bonchev–Trinajstić information content (AvgIpc) is 2.84. The number of nitrogens with two attached hydrogens (primary N) is 1. The van der Waals surface area contributed by atoms with Gasteiger partial charge in [0.1, 0.15) is 11.5 Å². The topological polar surface area (TPSA) is 57.0 Å². The molecule has 0 saturated carbocycles. The molecule has 3 aromatic rings. The number of aromatic nitrogens is 2. The molecule has 1 aromatic carbocycles. The fraction of sp³-hybridized carbons (Fsp3) is 0.154. The van der Waals surface area contributed by atoms with E-state index in [9.17, 15) is 4.39 Å². The first-order valence-corrected chi connectivity index (χ1v) is 5.54. The summed E-state index contributed by atoms with van der Waals surface area (Å²) < 4.78 is 20.8. The molecule has 0 fully saturated rings. The molecule has 0 radical (unpaired) electrons. The number of aryl methyl sites for hydroxylation is 2. The standard InChI is InChI=1S/C13H12FN3O/c1-7-3-8-4-10(14)9(5-12(8)17(7)2)11-6-13(15)18-16-11/h3-6H,15H2,1-2H3. The van der Waals surface area contributed by atoms with Gasteiger partial charge in [-0.2, -0.15) is 0 Å². The van der Waals surface area contributed by atoms with Crippen molar-refractivity contribution in [2.75, 3.05) is 5.73 Å². The van der Waals surface area contributed by atoms with Crippen molar-refractivity contribution in [1.82, 2.24) is 9.72 Å². The van der Waals surface area contributed by atoms with Gasteiger partial charge in [-0.1, -0.05) is 5.16 Å². The van der Waals surface area contributed by atoms with Crippen molar-refractivity contribution in [3.63, 3.8) is 0 Å². The molecule has 0 bridgehead atoms. The number of nitrogens with zero attached hydrogens (tertiary/aromatic N) is 2. The van der Waals surface area contributed by atoms with Crippen molar-refractivity contribution in [2.45, 2.75) is 6.92 Å². The van der Waals surface area contributed by atoms with Crippen LogP contribution in [0, 0.1) is 12.7 Å². The van der Waals surface area contributed by atoms with Gasteiger partial charge in [-0.25, -0.2) is 4.39 Å². The number of rotatable bonds is 1. The highest BCUT2D eigenvalue weighted by molar-refractivity contribution is 5.86. The number of halogens is 1. The quantitative estimate of drug-likeness (QED) is 0.717. The predicted octanol–water partition coefficient (Wildman–Crippen LogP) is 2.86. The highest BCUT2D eigenvalue weighted by atomic mass is 19.1. The summed E-state index contributed by atoms with van der Waals surface area (Å²) in [5.74, 6) is -0.158. The van der Waals surface area contributed by atoms with Crippen LogP contribution in [0.4, 0.5) is 10.3 Å². The minimum Gasteiger partial charge on any atom is -0.368 e. The zero-order valence-corrected chi connectivity index (χ0v) is 10.1. The minimum atomic E-state index is -0.332. The van der Waals surface area contributed by atoms with Crippen molar-refractivity contribution in [3.8, 4) is 11.3 Å². The molecule has 2 aromatic heterocycles. The summed E-state index contributed by atoms with van der Waals surface area (Å²) in [6.45, 7) is 1.98. The van der Waals surface area contributed by atoms with Crippen LogP contribution in [-0.4, -0.2) is 9.72 Å². The number of hydrogen-bond donors (Lipinski definition) is 1. The van der Waals surface area contributed by atoms with E-state index in [4.69, 9.17) is 10.3 Å². The lowest BCUT2D eigenvalue weighted by molar-refractivity contribution is 0.438. The van der Waals surface area contributed by atoms with Gasteiger partial charge in [-0.15, -0.1) is 0 Å². The van der Waals surface area contributed by atoms with Crippen LogP contribution >= 0.6 is 0 Å². The lowest BCUT2D eigenvalue weighted by Crippen LogP contribution is -1.91. The SMILES string of the molecule is Cc1cc2cc(F)c(-c3cc(N)on3)cc2n1C. The number of nitrogen functional groups attached to an aromatic ring is 1. The minimum absolute atomic E-state index is 0.174. The number of anilines is 1. The summed E-state index contributed by atoms with van der Waals surface area (Å²) in [5, 5.41) is 4.61. The summed E-state index contributed by atoms with van der Waals surface area (Å²) in [4.78, 5) is 0. The first kappa shape index (κ1) is 10.8. The van der Waals surface area contributed by atoms with E-state index in [1.807, 2.05) is 24.6 Å². The van der Waals surface area contributed by atoms with Crippen LogP contribution in [0.1, 0.15) is 5.69 Å². The first-order valence-electron chi connectivity index (χ1n) is 5.54. The summed E-state index contributed by atoms with van der Waals surface area (Å²) in [6, 6.07) is 6.72. The second kappa shape index (κ2) is 3.60. The van der Waals surface area contributed by atoms with Gasteiger partial charge in [-0.3, -0.25) is 0 Å². The molecule has 4 nitrogen and oxygen atoms in total. The summed E-state index contributed by atoms with van der Waals surface area (Å²) >= 11 is 0. The Balaban J connectivity index is 2.29. The predicted molar refractivity (Wildman–Crippen MR) is 67.5 cm³/mol. The van der Waals surface area contributed by atoms with E-state index < -0.39 is 0 Å². The molecule has 18 heavy (non-hydrogen) atoms. The van der Waals surface area contributed by atoms with Crippen LogP contribution < -0.4 is 5.73 Å². The Hall–Kier alpha value is -2.30. The van der Waals surface area contributed by atoms with E-state index in [0.717, 1.165) is 16.6 Å². The molecular weight excluding hydrogens is 233 g/mol. The smallest absolute Gasteiger partial charge is 0.222 e. The van der Waals surface area contributed by atoms with Crippen LogP contribution in [0.3, 0.4) is 0 Å². The third-order valence-corrected chi connectivity index (χ3v) is 3.18. The lowest BCUT2D eigenvalue weighted by Gasteiger charge is -2.02. The zero-order chi connectivity index (χ0) is 12.9. The van der Waals surface area contributed by atoms with E-state index in [2.05, 4.69) is 5.16 Å². The van der Waals surface area contributed by atoms with E-state index >= 15 is 0 Å². The molecule has 0 spiro atoms. The number of benzene rings is 1. The monoisotopic (exact) mass is 245 g/mol. The average molecular weight is 245 g/mol. The van der Waals surface area contributed by atoms with Crippen LogP contribution in [-0.2, 0) is 7.05 Å². The maximum Gasteiger partial charge on any atom is 0.222 e. The molecule has 0 atom stereocenters. The Bertz CT molecular complexity index is 742. The molecule has 0 aliphatic heterocycles. The van der Waals surface area contributed by atoms with Gasteiger partial charge in [-0.05, 0) is 25.1 Å². The molecule has 0 aliphatic carbocycles. The molecule has 0 aliphatic rings. The normalized spacial score (nSPS) is 11.3. The van der Waals surface area contributed by atoms with Crippen molar-refractivity contribution in [3.05, 3.63) is 35.8 Å². The molecule has 2 heterocycles. The van der Waals surface area contributed by atoms with Gasteiger partial charge in [0.2, 0.25) is 5.88 Å². The molecule has 0 saturated heterocycles. The lowest BCUT2D eigenvalue weighted by atomic mass is 10.1. The number of hydrogen-bond acceptors (Lipinski definition) is 3. The Morgan fingerprint density at radius 3 is 2.72 bits per heavy atom. The van der Waals surface area contributed by atoms with Crippen molar-refractivity contribution < 1.29 is 8.91 Å². The fourth-order valence-corrected chi connectivity index (χ4v) is 2.11. The van der Waals surface area contributed by atoms with Crippen LogP contribution in [0.2, 0.25) is 0 Å². The molecule has 0 amide bonds. The Morgan fingerprint density at radius 1 is 1.28 bits per heavy atom. The third kappa shape index (κ3) is 1.48. The first-order chi connectivity index (χ1) is 8.56. The van der Waals surface area contributed by atoms with Crippen LogP contribution in [0.25, 0.3) is 22.2 Å².